The molecule has 18 nitrogen and oxygen atoms in total. The first kappa shape index (κ1) is 33.1. The van der Waals surface area contributed by atoms with E-state index in [1.54, 1.807) is 11.5 Å². The Labute approximate surface area is 276 Å². The molecule has 3 saturated heterocycles. The van der Waals surface area contributed by atoms with Gasteiger partial charge < -0.3 is 20.9 Å². The molecule has 3 fully saturated rings. The van der Waals surface area contributed by atoms with Gasteiger partial charge >= 0.3 is 13.6 Å². The fourth-order valence-corrected chi connectivity index (χ4v) is 9.29. The van der Waals surface area contributed by atoms with E-state index in [9.17, 15) is 9.13 Å². The van der Waals surface area contributed by atoms with Crippen molar-refractivity contribution in [3.05, 3.63) is 25.3 Å². The monoisotopic (exact) mass is 732 g/mol. The Morgan fingerprint density at radius 3 is 2.11 bits per heavy atom. The van der Waals surface area contributed by atoms with Gasteiger partial charge in [0.25, 0.3) is 0 Å². The maximum Gasteiger partial charge on any atom is 0.386 e. The number of imidazole rings is 2. The Morgan fingerprint density at radius 1 is 0.915 bits per heavy atom. The van der Waals surface area contributed by atoms with Crippen LogP contribution in [0.5, 0.6) is 0 Å². The summed E-state index contributed by atoms with van der Waals surface area (Å²) >= 11 is 8.46. The number of alkyl halides is 1. The lowest BCUT2D eigenvalue weighted by molar-refractivity contribution is -0.123. The van der Waals surface area contributed by atoms with E-state index in [1.165, 1.54) is 29.9 Å². The highest BCUT2D eigenvalue weighted by atomic mass is 32.7. The number of hydrogen-bond acceptors (Lipinski definition) is 16. The van der Waals surface area contributed by atoms with E-state index in [4.69, 9.17) is 39.0 Å². The lowest BCUT2D eigenvalue weighted by Gasteiger charge is -2.35. The Kier molecular flexibility index (Phi) is 8.55. The fourth-order valence-electron chi connectivity index (χ4n) is 6.29. The molecule has 47 heavy (non-hydrogen) atoms. The number of nitrogen functional groups attached to an aromatic ring is 2. The van der Waals surface area contributed by atoms with E-state index in [0.29, 0.717) is 17.6 Å². The van der Waals surface area contributed by atoms with Crippen LogP contribution in [0.1, 0.15) is 39.1 Å². The lowest BCUT2D eigenvalue weighted by atomic mass is 9.87. The second-order valence-corrected chi connectivity index (χ2v) is 17.0. The second-order valence-electron chi connectivity index (χ2n) is 11.3. The van der Waals surface area contributed by atoms with Gasteiger partial charge in [0.15, 0.2) is 35.3 Å². The lowest BCUT2D eigenvalue weighted by Crippen LogP contribution is -2.46. The van der Waals surface area contributed by atoms with Gasteiger partial charge in [0.2, 0.25) is 0 Å². The van der Waals surface area contributed by atoms with E-state index < -0.39 is 75.3 Å². The topological polar surface area (TPSA) is 229 Å². The van der Waals surface area contributed by atoms with Crippen LogP contribution in [-0.4, -0.2) is 82.3 Å². The molecule has 0 amide bonds. The van der Waals surface area contributed by atoms with E-state index in [2.05, 4.69) is 54.4 Å². The highest BCUT2D eigenvalue weighted by Crippen LogP contribution is 2.63. The van der Waals surface area contributed by atoms with E-state index in [0.717, 1.165) is 0 Å². The number of nitrogens with zero attached hydrogens (tertiary/aromatic N) is 8. The quantitative estimate of drug-likeness (QED) is 0.173. The summed E-state index contributed by atoms with van der Waals surface area (Å²) in [6, 6.07) is 0. The van der Waals surface area contributed by atoms with E-state index in [1.807, 2.05) is 6.92 Å². The fraction of sp³-hybridized carbons (Fsp3) is 0.583. The first-order chi connectivity index (χ1) is 22.4. The van der Waals surface area contributed by atoms with Crippen molar-refractivity contribution < 1.29 is 41.1 Å². The maximum absolute atomic E-state index is 16.1. The predicted octanol–water partition coefficient (Wildman–Crippen LogP) is 3.66. The van der Waals surface area contributed by atoms with Crippen LogP contribution in [0, 0.1) is 5.92 Å². The van der Waals surface area contributed by atoms with Gasteiger partial charge in [-0.1, -0.05) is 38.3 Å². The van der Waals surface area contributed by atoms with Gasteiger partial charge in [-0.2, -0.15) is 0 Å². The summed E-state index contributed by atoms with van der Waals surface area (Å²) in [7, 11) is 0. The summed E-state index contributed by atoms with van der Waals surface area (Å²) in [5.74, 6) is -0.260. The Balaban J connectivity index is 1.26. The van der Waals surface area contributed by atoms with Crippen LogP contribution >= 0.6 is 38.1 Å². The molecule has 10 atom stereocenters. The molecule has 3 aliphatic rings. The average Bonchev–Trinajstić information content (AvgIpc) is 3.79. The molecule has 254 valence electrons. The zero-order valence-corrected chi connectivity index (χ0v) is 28.4. The predicted molar refractivity (Wildman–Crippen MR) is 170 cm³/mol. The standard InChI is InChI=1S/C24H31FN10O8P2S2/c1-3-11-17-24(4-2,41-22(11)34-9-32-14-18(26)28-7-30-20(14)34)6-39-45(37,47)42-16-13(25)12(5-38-44(36,46)43-17)40-23(16)35-10-33-15-19(27)29-8-31-21(15)35/h7-13,16-17,22-23H,3-6H2,1-2H3,(H,36,46)(H,37,47)(H2,26,28,30)(H2,27,29,31)/t11-,12-,13-,16-,17+,22-,23-,24-,44?,45-/m1/s1. The van der Waals surface area contributed by atoms with Crippen molar-refractivity contribution in [2.45, 2.75) is 69.2 Å². The van der Waals surface area contributed by atoms with Crippen molar-refractivity contribution in [3.8, 4) is 0 Å². The summed E-state index contributed by atoms with van der Waals surface area (Å²) in [4.78, 5) is 25.0. The number of anilines is 2. The minimum absolute atomic E-state index is 0.0821. The second kappa shape index (κ2) is 12.2. The first-order valence-corrected chi connectivity index (χ1v) is 19.9. The third kappa shape index (κ3) is 5.73. The van der Waals surface area contributed by atoms with Crippen molar-refractivity contribution in [2.75, 3.05) is 24.7 Å². The molecule has 0 radical (unpaired) electrons. The van der Waals surface area contributed by atoms with Crippen molar-refractivity contribution in [1.82, 2.24) is 39.0 Å². The van der Waals surface area contributed by atoms with E-state index in [-0.39, 0.29) is 29.2 Å². The van der Waals surface area contributed by atoms with Crippen LogP contribution in [0.2, 0.25) is 0 Å². The van der Waals surface area contributed by atoms with Crippen LogP contribution < -0.4 is 11.5 Å². The number of rotatable bonds is 4. The van der Waals surface area contributed by atoms with Gasteiger partial charge in [0.1, 0.15) is 53.8 Å². The molecule has 2 bridgehead atoms. The highest BCUT2D eigenvalue weighted by Gasteiger charge is 2.59. The molecule has 4 N–H and O–H groups in total. The minimum atomic E-state index is -4.37. The van der Waals surface area contributed by atoms with Crippen molar-refractivity contribution in [2.24, 2.45) is 5.92 Å². The number of nitrogens with two attached hydrogens (primary N) is 2. The summed E-state index contributed by atoms with van der Waals surface area (Å²) in [5, 5.41) is 0. The number of ether oxygens (including phenoxy) is 2. The molecule has 7 heterocycles. The Hall–Kier alpha value is -2.45. The normalized spacial score (nSPS) is 38.2. The molecule has 23 heteroatoms. The summed E-state index contributed by atoms with van der Waals surface area (Å²) < 4.78 is 82.8. The van der Waals surface area contributed by atoms with Crippen molar-refractivity contribution in [3.63, 3.8) is 0 Å². The van der Waals surface area contributed by atoms with Crippen molar-refractivity contribution in [1.29, 1.82) is 0 Å². The number of fused-ring (bicyclic) bond motifs is 5. The third-order valence-corrected chi connectivity index (χ3v) is 11.9. The van der Waals surface area contributed by atoms with Crippen LogP contribution in [0.15, 0.2) is 25.3 Å². The number of hydrogen-bond donors (Lipinski definition) is 4. The largest absolute Gasteiger partial charge is 0.386 e. The van der Waals surface area contributed by atoms with Gasteiger partial charge in [-0.3, -0.25) is 27.2 Å². The molecule has 7 rings (SSSR count). The zero-order valence-electron chi connectivity index (χ0n) is 24.8. The van der Waals surface area contributed by atoms with Crippen LogP contribution in [0.3, 0.4) is 0 Å². The molecular formula is C24H31FN10O8P2S2. The summed E-state index contributed by atoms with van der Waals surface area (Å²) in [6.45, 7) is -5.96. The summed E-state index contributed by atoms with van der Waals surface area (Å²) in [5.41, 5.74) is 11.7. The molecule has 3 aliphatic heterocycles. The number of aromatic nitrogens is 8. The van der Waals surface area contributed by atoms with Gasteiger partial charge in [-0.25, -0.2) is 43.4 Å². The smallest absolute Gasteiger partial charge is 0.382 e. The number of thiol groups is 2. The molecule has 0 saturated carbocycles. The van der Waals surface area contributed by atoms with Crippen molar-refractivity contribution >= 4 is 72.1 Å². The van der Waals surface area contributed by atoms with E-state index >= 15 is 4.39 Å². The van der Waals surface area contributed by atoms with Gasteiger partial charge in [-0.15, -0.1) is 0 Å². The molecule has 0 spiro atoms. The first-order valence-electron chi connectivity index (χ1n) is 14.5. The third-order valence-electron chi connectivity index (χ3n) is 8.66. The summed E-state index contributed by atoms with van der Waals surface area (Å²) in [6.07, 6.45) is -2.06. The Bertz CT molecular complexity index is 1920. The van der Waals surface area contributed by atoms with Gasteiger partial charge in [0.05, 0.1) is 25.9 Å². The van der Waals surface area contributed by atoms with Crippen LogP contribution in [0.4, 0.5) is 16.0 Å². The molecule has 4 aromatic heterocycles. The molecule has 4 aromatic rings. The highest BCUT2D eigenvalue weighted by molar-refractivity contribution is 8.44. The number of halogens is 1. The van der Waals surface area contributed by atoms with Gasteiger partial charge in [0, 0.05) is 5.92 Å². The Morgan fingerprint density at radius 2 is 1.51 bits per heavy atom. The molecular weight excluding hydrogens is 701 g/mol. The maximum atomic E-state index is 16.1. The molecule has 0 aliphatic carbocycles. The van der Waals surface area contributed by atoms with Gasteiger partial charge in [-0.05, 0) is 12.8 Å². The van der Waals surface area contributed by atoms with Crippen LogP contribution in [0.25, 0.3) is 22.3 Å². The molecule has 1 unspecified atom stereocenters. The SMILES string of the molecule is CC[C@H]1[C@H](n2cnc3c(N)ncnc32)O[C@]2(CC)CO[P@@](=O)(S)O[C@@H]3[C@H](F)[C@@H](COP(=O)(S)O[C@@H]12)O[C@H]3n1cnc2c(N)ncnc21. The van der Waals surface area contributed by atoms with Crippen LogP contribution in [-0.2, 0) is 36.7 Å². The zero-order chi connectivity index (χ0) is 33.3. The minimum Gasteiger partial charge on any atom is -0.382 e. The average molecular weight is 733 g/mol. The molecule has 0 aromatic carbocycles.